The van der Waals surface area contributed by atoms with Crippen LogP contribution in [0.1, 0.15) is 30.9 Å². The number of fused-ring (bicyclic) bond motifs is 3. The molecular formula is C31H31N5O4S. The summed E-state index contributed by atoms with van der Waals surface area (Å²) in [4.78, 5) is 50.5. The molecule has 2 aliphatic rings. The minimum Gasteiger partial charge on any atom is -0.497 e. The van der Waals surface area contributed by atoms with Gasteiger partial charge >= 0.3 is 0 Å². The number of para-hydroxylation sites is 1. The average molecular weight is 570 g/mol. The molecule has 2 atom stereocenters. The van der Waals surface area contributed by atoms with E-state index in [0.717, 1.165) is 5.56 Å². The quantitative estimate of drug-likeness (QED) is 0.372. The van der Waals surface area contributed by atoms with Crippen molar-refractivity contribution in [2.75, 3.05) is 19.0 Å². The maximum atomic E-state index is 13.6. The molecular weight excluding hydrogens is 538 g/mol. The average Bonchev–Trinajstić information content (AvgIpc) is 3.32. The van der Waals surface area contributed by atoms with E-state index in [-0.39, 0.29) is 24.1 Å². The van der Waals surface area contributed by atoms with E-state index in [4.69, 9.17) is 9.73 Å². The fourth-order valence-corrected chi connectivity index (χ4v) is 5.65. The van der Waals surface area contributed by atoms with Gasteiger partial charge in [0.15, 0.2) is 5.17 Å². The third-order valence-corrected chi connectivity index (χ3v) is 8.07. The van der Waals surface area contributed by atoms with Crippen molar-refractivity contribution in [3.63, 3.8) is 0 Å². The molecule has 0 saturated heterocycles. The molecule has 0 bridgehead atoms. The summed E-state index contributed by atoms with van der Waals surface area (Å²) >= 11 is 1.21. The second kappa shape index (κ2) is 12.8. The number of carbonyl (C=O) groups is 3. The lowest BCUT2D eigenvalue weighted by Gasteiger charge is -2.27. The number of hydrogen-bond donors (Lipinski definition) is 2. The molecule has 2 N–H and O–H groups in total. The maximum absolute atomic E-state index is 13.6. The molecule has 41 heavy (non-hydrogen) atoms. The molecule has 0 aliphatic carbocycles. The van der Waals surface area contributed by atoms with Gasteiger partial charge in [0.05, 0.1) is 24.5 Å². The Kier molecular flexibility index (Phi) is 8.79. The van der Waals surface area contributed by atoms with E-state index in [1.165, 1.54) is 16.7 Å². The van der Waals surface area contributed by atoms with Gasteiger partial charge in [-0.15, -0.1) is 0 Å². The van der Waals surface area contributed by atoms with E-state index in [2.05, 4.69) is 15.6 Å². The predicted molar refractivity (Wildman–Crippen MR) is 162 cm³/mol. The van der Waals surface area contributed by atoms with E-state index >= 15 is 0 Å². The molecule has 0 radical (unpaired) electrons. The number of thioether (sulfide) groups is 1. The van der Waals surface area contributed by atoms with Crippen LogP contribution < -0.4 is 15.4 Å². The first kappa shape index (κ1) is 28.1. The first-order valence-corrected chi connectivity index (χ1v) is 14.4. The van der Waals surface area contributed by atoms with Crippen LogP contribution in [0.4, 0.5) is 11.4 Å². The minimum atomic E-state index is -0.871. The summed E-state index contributed by atoms with van der Waals surface area (Å²) in [7, 11) is 1.57. The van der Waals surface area contributed by atoms with Crippen molar-refractivity contribution in [1.82, 2.24) is 10.2 Å². The molecule has 0 saturated carbocycles. The van der Waals surface area contributed by atoms with Crippen molar-refractivity contribution in [2.24, 2.45) is 9.98 Å². The summed E-state index contributed by atoms with van der Waals surface area (Å²) in [6.45, 7) is 2.37. The van der Waals surface area contributed by atoms with Gasteiger partial charge in [-0.1, -0.05) is 67.2 Å². The Bertz CT molecular complexity index is 1510. The van der Waals surface area contributed by atoms with Crippen LogP contribution in [0.2, 0.25) is 0 Å². The Morgan fingerprint density at radius 3 is 2.61 bits per heavy atom. The van der Waals surface area contributed by atoms with Crippen LogP contribution in [0.25, 0.3) is 0 Å². The van der Waals surface area contributed by atoms with Crippen LogP contribution in [-0.2, 0) is 20.8 Å². The van der Waals surface area contributed by atoms with Crippen LogP contribution in [0.5, 0.6) is 5.75 Å². The Hall–Kier alpha value is -4.44. The van der Waals surface area contributed by atoms with Crippen molar-refractivity contribution in [2.45, 2.75) is 37.5 Å². The van der Waals surface area contributed by atoms with Crippen LogP contribution in [0, 0.1) is 0 Å². The number of ether oxygens (including phenoxy) is 1. The standard InChI is InChI=1S/C31H31N5O4S/c1-3-26(29(38)33-21-12-9-13-22(18-21)40-2)41-31-35-24-15-8-7-14-23(24)28-34-25(30(39)36(28)31)19-27(37)32-17-16-20-10-5-4-6-11-20/h4-15,18,25-26H,3,16-17,19H2,1-2H3,(H,32,37)(H,33,38)/t25-,26+/m1/s1. The topological polar surface area (TPSA) is 112 Å². The number of nitrogens with zero attached hydrogens (tertiary/aromatic N) is 3. The highest BCUT2D eigenvalue weighted by Crippen LogP contribution is 2.36. The van der Waals surface area contributed by atoms with E-state index in [1.807, 2.05) is 61.5 Å². The lowest BCUT2D eigenvalue weighted by atomic mass is 10.1. The van der Waals surface area contributed by atoms with Gasteiger partial charge in [-0.3, -0.25) is 19.4 Å². The molecule has 9 nitrogen and oxygen atoms in total. The fourth-order valence-electron chi connectivity index (χ4n) is 4.63. The third kappa shape index (κ3) is 6.49. The van der Waals surface area contributed by atoms with Gasteiger partial charge in [0.2, 0.25) is 11.8 Å². The lowest BCUT2D eigenvalue weighted by Crippen LogP contribution is -2.43. The maximum Gasteiger partial charge on any atom is 0.259 e. The minimum absolute atomic E-state index is 0.0682. The van der Waals surface area contributed by atoms with Gasteiger partial charge in [-0.2, -0.15) is 0 Å². The number of benzene rings is 3. The zero-order valence-electron chi connectivity index (χ0n) is 22.9. The molecule has 0 spiro atoms. The first-order chi connectivity index (χ1) is 20.0. The summed E-state index contributed by atoms with van der Waals surface area (Å²) < 4.78 is 5.26. The summed E-state index contributed by atoms with van der Waals surface area (Å²) in [5.41, 5.74) is 3.11. The molecule has 0 fully saturated rings. The Morgan fingerprint density at radius 2 is 1.83 bits per heavy atom. The van der Waals surface area contributed by atoms with Crippen LogP contribution in [0.15, 0.2) is 88.8 Å². The van der Waals surface area contributed by atoms with Gasteiger partial charge in [0, 0.05) is 23.9 Å². The Morgan fingerprint density at radius 1 is 1.05 bits per heavy atom. The number of aliphatic imine (C=N–C) groups is 2. The molecule has 2 heterocycles. The third-order valence-electron chi connectivity index (χ3n) is 6.75. The highest BCUT2D eigenvalue weighted by atomic mass is 32.2. The SMILES string of the molecule is CC[C@H](SC1=Nc2ccccc2C2=N[C@H](CC(=O)NCCc3ccccc3)C(=O)N12)C(=O)Nc1cccc(OC)c1. The lowest BCUT2D eigenvalue weighted by molar-refractivity contribution is -0.128. The molecule has 0 unspecified atom stereocenters. The molecule has 3 amide bonds. The molecule has 2 aliphatic heterocycles. The fraction of sp³-hybridized carbons (Fsp3) is 0.258. The molecule has 3 aromatic carbocycles. The highest BCUT2D eigenvalue weighted by molar-refractivity contribution is 8.15. The van der Waals surface area contributed by atoms with Crippen molar-refractivity contribution in [1.29, 1.82) is 0 Å². The van der Waals surface area contributed by atoms with Gasteiger partial charge in [-0.25, -0.2) is 9.89 Å². The number of hydrogen-bond acceptors (Lipinski definition) is 7. The van der Waals surface area contributed by atoms with Crippen molar-refractivity contribution >= 4 is 51.9 Å². The summed E-state index contributed by atoms with van der Waals surface area (Å²) in [5, 5.41) is 5.67. The number of anilines is 1. The Labute approximate surface area is 243 Å². The zero-order valence-corrected chi connectivity index (χ0v) is 23.7. The normalized spacial score (nSPS) is 16.2. The number of amides is 3. The van der Waals surface area contributed by atoms with E-state index in [1.54, 1.807) is 31.4 Å². The molecule has 10 heteroatoms. The van der Waals surface area contributed by atoms with Gasteiger partial charge < -0.3 is 15.4 Å². The summed E-state index contributed by atoms with van der Waals surface area (Å²) in [5.74, 6) is 0.296. The van der Waals surface area contributed by atoms with Crippen LogP contribution in [-0.4, -0.2) is 58.6 Å². The number of rotatable bonds is 10. The number of amidine groups is 2. The number of nitrogens with one attached hydrogen (secondary N) is 2. The summed E-state index contributed by atoms with van der Waals surface area (Å²) in [6, 6.07) is 23.6. The molecule has 0 aromatic heterocycles. The first-order valence-electron chi connectivity index (χ1n) is 13.5. The largest absolute Gasteiger partial charge is 0.497 e. The van der Waals surface area contributed by atoms with Crippen molar-refractivity contribution < 1.29 is 19.1 Å². The smallest absolute Gasteiger partial charge is 0.259 e. The summed E-state index contributed by atoms with van der Waals surface area (Å²) in [6.07, 6.45) is 1.13. The second-order valence-corrected chi connectivity index (χ2v) is 10.7. The van der Waals surface area contributed by atoms with Crippen LogP contribution in [0.3, 0.4) is 0 Å². The molecule has 210 valence electrons. The van der Waals surface area contributed by atoms with E-state index in [9.17, 15) is 14.4 Å². The Balaban J connectivity index is 1.30. The zero-order chi connectivity index (χ0) is 28.8. The predicted octanol–water partition coefficient (Wildman–Crippen LogP) is 4.55. The van der Waals surface area contributed by atoms with Crippen molar-refractivity contribution in [3.8, 4) is 5.75 Å². The monoisotopic (exact) mass is 569 g/mol. The van der Waals surface area contributed by atoms with Crippen LogP contribution >= 0.6 is 11.8 Å². The van der Waals surface area contributed by atoms with Gasteiger partial charge in [0.25, 0.3) is 5.91 Å². The second-order valence-electron chi connectivity index (χ2n) is 9.58. The molecule has 5 rings (SSSR count). The number of carbonyl (C=O) groups excluding carboxylic acids is 3. The molecule has 3 aromatic rings. The van der Waals surface area contributed by atoms with Gasteiger partial charge in [0.1, 0.15) is 17.6 Å². The number of methoxy groups -OCH3 is 1. The highest BCUT2D eigenvalue weighted by Gasteiger charge is 2.43. The van der Waals surface area contributed by atoms with E-state index in [0.29, 0.717) is 53.1 Å². The van der Waals surface area contributed by atoms with E-state index < -0.39 is 11.3 Å². The van der Waals surface area contributed by atoms with Crippen molar-refractivity contribution in [3.05, 3.63) is 90.0 Å². The van der Waals surface area contributed by atoms with Gasteiger partial charge in [-0.05, 0) is 42.7 Å².